The Morgan fingerprint density at radius 1 is 0.870 bits per heavy atom. The van der Waals surface area contributed by atoms with Crippen LogP contribution in [0.3, 0.4) is 0 Å². The lowest BCUT2D eigenvalue weighted by Gasteiger charge is -2.39. The normalized spacial score (nSPS) is 45.1. The van der Waals surface area contributed by atoms with Gasteiger partial charge >= 0.3 is 0 Å². The molecule has 5 N–H and O–H groups in total. The molecule has 23 heavy (non-hydrogen) atoms. The van der Waals surface area contributed by atoms with E-state index in [0.29, 0.717) is 6.61 Å². The molecule has 0 aromatic heterocycles. The summed E-state index contributed by atoms with van der Waals surface area (Å²) in [5, 5.41) is 48.3. The molecule has 9 heteroatoms. The summed E-state index contributed by atoms with van der Waals surface area (Å²) in [7, 11) is 0. The fraction of sp³-hybridized carbons (Fsp3) is 1.00. The minimum absolute atomic E-state index is 0.0257. The van der Waals surface area contributed by atoms with Crippen molar-refractivity contribution >= 4 is 0 Å². The zero-order chi connectivity index (χ0) is 17.0. The minimum atomic E-state index is -1.18. The first-order valence-corrected chi connectivity index (χ1v) is 7.83. The summed E-state index contributed by atoms with van der Waals surface area (Å²) < 4.78 is 21.6. The zero-order valence-electron chi connectivity index (χ0n) is 13.0. The van der Waals surface area contributed by atoms with E-state index < -0.39 is 55.8 Å². The van der Waals surface area contributed by atoms with Gasteiger partial charge in [-0.25, -0.2) is 0 Å². The number of hydrogen-bond acceptors (Lipinski definition) is 9. The molecule has 0 aliphatic carbocycles. The SMILES string of the molecule is CCO[C@@H]1CC(O)[C@H](O)C(COC2C[C@@H](O)C(O)C(CO)O2)O1. The Balaban J connectivity index is 1.86. The Morgan fingerprint density at radius 2 is 1.39 bits per heavy atom. The van der Waals surface area contributed by atoms with E-state index in [1.165, 1.54) is 0 Å². The average molecular weight is 338 g/mol. The number of aliphatic hydroxyl groups is 5. The third-order valence-electron chi connectivity index (χ3n) is 4.05. The largest absolute Gasteiger partial charge is 0.394 e. The first-order chi connectivity index (χ1) is 11.0. The summed E-state index contributed by atoms with van der Waals surface area (Å²) in [4.78, 5) is 0. The lowest BCUT2D eigenvalue weighted by Crippen LogP contribution is -2.53. The Morgan fingerprint density at radius 3 is 1.96 bits per heavy atom. The van der Waals surface area contributed by atoms with Crippen molar-refractivity contribution in [2.24, 2.45) is 0 Å². The molecular weight excluding hydrogens is 312 g/mol. The van der Waals surface area contributed by atoms with Gasteiger partial charge in [0.2, 0.25) is 0 Å². The molecule has 9 nitrogen and oxygen atoms in total. The maximum atomic E-state index is 9.96. The lowest BCUT2D eigenvalue weighted by molar-refractivity contribution is -0.291. The van der Waals surface area contributed by atoms with Crippen molar-refractivity contribution in [3.63, 3.8) is 0 Å². The quantitative estimate of drug-likeness (QED) is 0.362. The van der Waals surface area contributed by atoms with E-state index in [-0.39, 0.29) is 19.4 Å². The molecule has 0 aromatic carbocycles. The first kappa shape index (κ1) is 19.0. The van der Waals surface area contributed by atoms with Crippen LogP contribution in [0.15, 0.2) is 0 Å². The molecule has 0 aromatic rings. The van der Waals surface area contributed by atoms with Crippen molar-refractivity contribution < 1.29 is 44.5 Å². The third kappa shape index (κ3) is 4.81. The maximum Gasteiger partial charge on any atom is 0.160 e. The highest BCUT2D eigenvalue weighted by molar-refractivity contribution is 4.85. The van der Waals surface area contributed by atoms with E-state index in [9.17, 15) is 20.4 Å². The molecule has 0 amide bonds. The topological polar surface area (TPSA) is 138 Å². The van der Waals surface area contributed by atoms with Crippen molar-refractivity contribution in [2.75, 3.05) is 19.8 Å². The summed E-state index contributed by atoms with van der Waals surface area (Å²) in [6.07, 6.45) is -7.41. The van der Waals surface area contributed by atoms with Gasteiger partial charge in [0.05, 0.1) is 25.4 Å². The summed E-state index contributed by atoms with van der Waals surface area (Å²) in [5.74, 6) is 0. The van der Waals surface area contributed by atoms with Crippen LogP contribution in [0.4, 0.5) is 0 Å². The molecule has 2 fully saturated rings. The Kier molecular flexibility index (Phi) is 7.14. The lowest BCUT2D eigenvalue weighted by atomic mass is 10.0. The summed E-state index contributed by atoms with van der Waals surface area (Å²) >= 11 is 0. The van der Waals surface area contributed by atoms with Gasteiger partial charge in [0.15, 0.2) is 12.6 Å². The summed E-state index contributed by atoms with van der Waals surface area (Å²) in [6.45, 7) is 1.66. The van der Waals surface area contributed by atoms with Gasteiger partial charge < -0.3 is 44.5 Å². The molecule has 0 spiro atoms. The van der Waals surface area contributed by atoms with Crippen LogP contribution in [-0.2, 0) is 18.9 Å². The Labute approximate surface area is 134 Å². The summed E-state index contributed by atoms with van der Waals surface area (Å²) in [6, 6.07) is 0. The number of rotatable bonds is 6. The highest BCUT2D eigenvalue weighted by Gasteiger charge is 2.40. The average Bonchev–Trinajstić information content (AvgIpc) is 2.52. The second kappa shape index (κ2) is 8.65. The van der Waals surface area contributed by atoms with Gasteiger partial charge in [0.1, 0.15) is 24.4 Å². The molecule has 2 rings (SSSR count). The van der Waals surface area contributed by atoms with E-state index in [1.807, 2.05) is 0 Å². The van der Waals surface area contributed by atoms with Crippen molar-refractivity contribution in [1.29, 1.82) is 0 Å². The fourth-order valence-corrected chi connectivity index (χ4v) is 2.72. The predicted octanol–water partition coefficient (Wildman–Crippen LogP) is -2.29. The molecule has 136 valence electrons. The van der Waals surface area contributed by atoms with E-state index in [1.54, 1.807) is 6.92 Å². The molecule has 5 unspecified atom stereocenters. The van der Waals surface area contributed by atoms with Crippen LogP contribution >= 0.6 is 0 Å². The molecule has 2 saturated heterocycles. The van der Waals surface area contributed by atoms with E-state index in [4.69, 9.17) is 24.1 Å². The van der Waals surface area contributed by atoms with Crippen LogP contribution in [0.25, 0.3) is 0 Å². The molecule has 2 heterocycles. The fourth-order valence-electron chi connectivity index (χ4n) is 2.72. The van der Waals surface area contributed by atoms with Crippen LogP contribution in [0, 0.1) is 0 Å². The molecule has 0 radical (unpaired) electrons. The van der Waals surface area contributed by atoms with Crippen LogP contribution in [-0.4, -0.2) is 94.6 Å². The van der Waals surface area contributed by atoms with E-state index >= 15 is 0 Å². The van der Waals surface area contributed by atoms with Gasteiger partial charge in [-0.3, -0.25) is 0 Å². The molecule has 2 aliphatic rings. The van der Waals surface area contributed by atoms with Gasteiger partial charge in [0, 0.05) is 19.4 Å². The third-order valence-corrected chi connectivity index (χ3v) is 4.05. The predicted molar refractivity (Wildman–Crippen MR) is 75.2 cm³/mol. The van der Waals surface area contributed by atoms with Gasteiger partial charge in [-0.1, -0.05) is 0 Å². The highest BCUT2D eigenvalue weighted by atomic mass is 16.7. The van der Waals surface area contributed by atoms with Gasteiger partial charge in [0.25, 0.3) is 0 Å². The second-order valence-electron chi connectivity index (χ2n) is 5.77. The van der Waals surface area contributed by atoms with Crippen LogP contribution in [0.2, 0.25) is 0 Å². The standard InChI is InChI=1S/C14H26O9/c1-2-20-11-3-8(17)14(19)10(23-11)6-21-12-4-7(16)13(18)9(5-15)22-12/h7-19H,2-6H2,1H3/t7-,8?,9?,10?,11+,12?,13?,14+/m1/s1. The number of ether oxygens (including phenoxy) is 4. The van der Waals surface area contributed by atoms with Gasteiger partial charge in [-0.2, -0.15) is 0 Å². The van der Waals surface area contributed by atoms with Crippen LogP contribution in [0.5, 0.6) is 0 Å². The number of aliphatic hydroxyl groups excluding tert-OH is 5. The molecule has 2 aliphatic heterocycles. The van der Waals surface area contributed by atoms with Crippen molar-refractivity contribution in [2.45, 2.75) is 69.0 Å². The molecule has 8 atom stereocenters. The zero-order valence-corrected chi connectivity index (χ0v) is 13.0. The Bertz CT molecular complexity index is 355. The van der Waals surface area contributed by atoms with Crippen molar-refractivity contribution in [3.05, 3.63) is 0 Å². The first-order valence-electron chi connectivity index (χ1n) is 7.83. The smallest absolute Gasteiger partial charge is 0.160 e. The molecule has 0 bridgehead atoms. The van der Waals surface area contributed by atoms with Crippen LogP contribution < -0.4 is 0 Å². The monoisotopic (exact) mass is 338 g/mol. The second-order valence-corrected chi connectivity index (χ2v) is 5.77. The van der Waals surface area contributed by atoms with Gasteiger partial charge in [-0.15, -0.1) is 0 Å². The minimum Gasteiger partial charge on any atom is -0.394 e. The molecule has 0 saturated carbocycles. The molecular formula is C14H26O9. The maximum absolute atomic E-state index is 9.96. The Hall–Kier alpha value is -0.360. The van der Waals surface area contributed by atoms with Crippen molar-refractivity contribution in [3.8, 4) is 0 Å². The van der Waals surface area contributed by atoms with E-state index in [2.05, 4.69) is 0 Å². The van der Waals surface area contributed by atoms with Crippen molar-refractivity contribution in [1.82, 2.24) is 0 Å². The van der Waals surface area contributed by atoms with Gasteiger partial charge in [-0.05, 0) is 6.92 Å². The summed E-state index contributed by atoms with van der Waals surface area (Å²) in [5.41, 5.74) is 0. The van der Waals surface area contributed by atoms with Crippen LogP contribution in [0.1, 0.15) is 19.8 Å². The number of hydrogen-bond donors (Lipinski definition) is 5. The highest BCUT2D eigenvalue weighted by Crippen LogP contribution is 2.25. The van der Waals surface area contributed by atoms with E-state index in [0.717, 1.165) is 0 Å².